The largest absolute Gasteiger partial charge is 0.493 e. The number of hydrogen-bond acceptors (Lipinski definition) is 5. The molecule has 1 aliphatic heterocycles. The van der Waals surface area contributed by atoms with Crippen LogP contribution in [0.4, 0.5) is 29.1 Å². The van der Waals surface area contributed by atoms with Crippen molar-refractivity contribution in [2.24, 2.45) is 0 Å². The van der Waals surface area contributed by atoms with E-state index < -0.39 is 34.6 Å². The minimum absolute atomic E-state index is 0.0884. The maximum absolute atomic E-state index is 15.1. The zero-order valence-corrected chi connectivity index (χ0v) is 19.5. The normalized spacial score (nSPS) is 19.5. The summed E-state index contributed by atoms with van der Waals surface area (Å²) in [7, 11) is 2.48. The summed E-state index contributed by atoms with van der Waals surface area (Å²) in [6.45, 7) is 3.91. The molecule has 2 saturated carbocycles. The highest BCUT2D eigenvalue weighted by atomic mass is 19.3. The van der Waals surface area contributed by atoms with Crippen molar-refractivity contribution in [1.29, 1.82) is 0 Å². The van der Waals surface area contributed by atoms with Crippen LogP contribution >= 0.6 is 0 Å². The number of carbonyl (C=O) groups is 1. The number of carbonyl (C=O) groups excluding carboxylic acids is 1. The Kier molecular flexibility index (Phi) is 6.12. The fourth-order valence-electron chi connectivity index (χ4n) is 4.62. The van der Waals surface area contributed by atoms with Gasteiger partial charge in [-0.15, -0.1) is 0 Å². The fourth-order valence-corrected chi connectivity index (χ4v) is 4.62. The molecule has 2 heterocycles. The Balaban J connectivity index is 0.00000133. The van der Waals surface area contributed by atoms with Crippen molar-refractivity contribution in [3.8, 4) is 11.5 Å². The van der Waals surface area contributed by atoms with Crippen molar-refractivity contribution in [1.82, 2.24) is 4.98 Å². The molecule has 0 unspecified atom stereocenters. The van der Waals surface area contributed by atoms with Gasteiger partial charge in [0.25, 0.3) is 5.92 Å². The van der Waals surface area contributed by atoms with Crippen LogP contribution in [0, 0.1) is 11.6 Å². The first-order valence-electron chi connectivity index (χ1n) is 11.2. The molecule has 34 heavy (non-hydrogen) atoms. The molecular weight excluding hydrogens is 454 g/mol. The second-order valence-corrected chi connectivity index (χ2v) is 8.56. The van der Waals surface area contributed by atoms with Crippen LogP contribution in [0.5, 0.6) is 11.5 Å². The summed E-state index contributed by atoms with van der Waals surface area (Å²) >= 11 is 0. The molecule has 10 heteroatoms. The summed E-state index contributed by atoms with van der Waals surface area (Å²) in [6, 6.07) is 2.41. The minimum Gasteiger partial charge on any atom is -0.493 e. The van der Waals surface area contributed by atoms with Crippen molar-refractivity contribution >= 4 is 17.4 Å². The molecule has 184 valence electrons. The number of fused-ring (bicyclic) bond motifs is 2. The number of halogens is 4. The lowest BCUT2D eigenvalue weighted by Gasteiger charge is -2.37. The molecule has 1 spiro atoms. The standard InChI is InChI=1S/C22H21F4N3O3.C2H6/c1-31-14-6-15(32-2)18(24)19(17(14)23)29-10-11-9-27-16(28-12-7-22(25,26)8-12)5-13(11)21(3-4-21)20(29)30;1-2/h5-6,9,12H,3-4,7-8,10H2,1-2H3,(H,27,28);1-2H3. The van der Waals surface area contributed by atoms with E-state index in [-0.39, 0.29) is 36.9 Å². The number of pyridine rings is 1. The van der Waals surface area contributed by atoms with Crippen LogP contribution in [0.3, 0.4) is 0 Å². The molecule has 2 aliphatic carbocycles. The van der Waals surface area contributed by atoms with E-state index in [0.29, 0.717) is 24.2 Å². The lowest BCUT2D eigenvalue weighted by atomic mass is 9.86. The van der Waals surface area contributed by atoms with Gasteiger partial charge in [0.2, 0.25) is 5.91 Å². The van der Waals surface area contributed by atoms with E-state index in [1.54, 1.807) is 6.07 Å². The molecule has 6 nitrogen and oxygen atoms in total. The van der Waals surface area contributed by atoms with Gasteiger partial charge in [-0.3, -0.25) is 4.79 Å². The van der Waals surface area contributed by atoms with E-state index in [9.17, 15) is 13.6 Å². The smallest absolute Gasteiger partial charge is 0.252 e. The van der Waals surface area contributed by atoms with E-state index >= 15 is 8.78 Å². The predicted molar refractivity (Wildman–Crippen MR) is 119 cm³/mol. The molecule has 1 aromatic heterocycles. The quantitative estimate of drug-likeness (QED) is 0.596. The lowest BCUT2D eigenvalue weighted by molar-refractivity contribution is -0.121. The molecule has 1 aromatic carbocycles. The second kappa shape index (κ2) is 8.63. The third kappa shape index (κ3) is 3.82. The van der Waals surface area contributed by atoms with Gasteiger partial charge in [-0.2, -0.15) is 0 Å². The summed E-state index contributed by atoms with van der Waals surface area (Å²) in [5.74, 6) is -5.13. The third-order valence-electron chi connectivity index (χ3n) is 6.50. The molecule has 0 atom stereocenters. The third-order valence-corrected chi connectivity index (χ3v) is 6.50. The Bertz CT molecular complexity index is 1080. The van der Waals surface area contributed by atoms with Gasteiger partial charge in [0.1, 0.15) is 11.5 Å². The summed E-state index contributed by atoms with van der Waals surface area (Å²) < 4.78 is 66.4. The van der Waals surface area contributed by atoms with Crippen molar-refractivity contribution < 1.29 is 31.8 Å². The Hall–Kier alpha value is -3.04. The van der Waals surface area contributed by atoms with Gasteiger partial charge in [0.15, 0.2) is 23.1 Å². The Morgan fingerprint density at radius 1 is 1.06 bits per heavy atom. The van der Waals surface area contributed by atoms with Crippen molar-refractivity contribution in [3.63, 3.8) is 0 Å². The second-order valence-electron chi connectivity index (χ2n) is 8.56. The topological polar surface area (TPSA) is 63.7 Å². The summed E-state index contributed by atoms with van der Waals surface area (Å²) in [5.41, 5.74) is -0.0710. The molecule has 0 saturated heterocycles. The highest BCUT2D eigenvalue weighted by molar-refractivity contribution is 6.05. The number of aromatic nitrogens is 1. The van der Waals surface area contributed by atoms with Gasteiger partial charge in [0, 0.05) is 31.1 Å². The molecular formula is C24H27F4N3O3. The number of amides is 1. The van der Waals surface area contributed by atoms with Crippen LogP contribution in [-0.4, -0.2) is 37.1 Å². The maximum Gasteiger partial charge on any atom is 0.252 e. The van der Waals surface area contributed by atoms with Crippen molar-refractivity contribution in [3.05, 3.63) is 41.1 Å². The monoisotopic (exact) mass is 481 g/mol. The first-order valence-corrected chi connectivity index (χ1v) is 11.2. The van der Waals surface area contributed by atoms with Gasteiger partial charge in [-0.05, 0) is 30.0 Å². The number of nitrogens with one attached hydrogen (secondary N) is 1. The molecule has 0 radical (unpaired) electrons. The summed E-state index contributed by atoms with van der Waals surface area (Å²) in [6.07, 6.45) is 2.04. The number of hydrogen-bond donors (Lipinski definition) is 1. The van der Waals surface area contributed by atoms with Crippen LogP contribution in [0.25, 0.3) is 0 Å². The zero-order valence-electron chi connectivity index (χ0n) is 19.5. The first-order chi connectivity index (χ1) is 16.2. The molecule has 5 rings (SSSR count). The predicted octanol–water partition coefficient (Wildman–Crippen LogP) is 5.19. The summed E-state index contributed by atoms with van der Waals surface area (Å²) in [4.78, 5) is 18.8. The lowest BCUT2D eigenvalue weighted by Crippen LogP contribution is -2.46. The van der Waals surface area contributed by atoms with Crippen LogP contribution in [0.2, 0.25) is 0 Å². The molecule has 2 fully saturated rings. The van der Waals surface area contributed by atoms with Crippen molar-refractivity contribution in [2.75, 3.05) is 24.4 Å². The Labute approximate surface area is 195 Å². The van der Waals surface area contributed by atoms with E-state index in [1.807, 2.05) is 13.8 Å². The van der Waals surface area contributed by atoms with Crippen molar-refractivity contribution in [2.45, 2.75) is 63.5 Å². The average molecular weight is 481 g/mol. The minimum atomic E-state index is -2.66. The highest BCUT2D eigenvalue weighted by Gasteiger charge is 2.57. The summed E-state index contributed by atoms with van der Waals surface area (Å²) in [5, 5.41) is 2.99. The van der Waals surface area contributed by atoms with Crippen LogP contribution < -0.4 is 19.7 Å². The van der Waals surface area contributed by atoms with E-state index in [0.717, 1.165) is 16.5 Å². The number of ether oxygens (including phenoxy) is 2. The van der Waals surface area contributed by atoms with Crippen LogP contribution in [0.1, 0.15) is 50.7 Å². The molecule has 3 aliphatic rings. The molecule has 1 amide bonds. The number of anilines is 2. The van der Waals surface area contributed by atoms with Gasteiger partial charge in [-0.1, -0.05) is 13.8 Å². The highest BCUT2D eigenvalue weighted by Crippen LogP contribution is 2.55. The molecule has 1 N–H and O–H groups in total. The van der Waals surface area contributed by atoms with E-state index in [2.05, 4.69) is 10.3 Å². The Morgan fingerprint density at radius 2 is 1.65 bits per heavy atom. The zero-order chi connectivity index (χ0) is 24.8. The SMILES string of the molecule is CC.COc1cc(OC)c(F)c(N2Cc3cnc(NC4CC(F)(F)C4)cc3C3(CC3)C2=O)c1F. The number of benzene rings is 1. The molecule has 2 aromatic rings. The average Bonchev–Trinajstić information content (AvgIpc) is 3.60. The van der Waals surface area contributed by atoms with Crippen LogP contribution in [-0.2, 0) is 16.8 Å². The van der Waals surface area contributed by atoms with Crippen LogP contribution in [0.15, 0.2) is 18.3 Å². The first kappa shape index (κ1) is 24.1. The number of nitrogens with zero attached hydrogens (tertiary/aromatic N) is 2. The number of rotatable bonds is 5. The van der Waals surface area contributed by atoms with E-state index in [4.69, 9.17) is 9.47 Å². The number of alkyl halides is 2. The maximum atomic E-state index is 15.1. The number of methoxy groups -OCH3 is 2. The van der Waals surface area contributed by atoms with E-state index in [1.165, 1.54) is 20.4 Å². The van der Waals surface area contributed by atoms with Gasteiger partial charge in [0.05, 0.1) is 26.2 Å². The fraction of sp³-hybridized carbons (Fsp3) is 0.500. The van der Waals surface area contributed by atoms with Gasteiger partial charge in [-0.25, -0.2) is 22.5 Å². The van der Waals surface area contributed by atoms with Gasteiger partial charge >= 0.3 is 0 Å². The Morgan fingerprint density at radius 3 is 2.15 bits per heavy atom. The molecule has 0 bridgehead atoms. The van der Waals surface area contributed by atoms with Gasteiger partial charge < -0.3 is 19.7 Å².